The highest BCUT2D eigenvalue weighted by atomic mass is 35.5. The molecule has 2 fully saturated rings. The van der Waals surface area contributed by atoms with E-state index < -0.39 is 15.4 Å². The number of carbonyl (C=O) groups excluding carboxylic acids is 1. The fourth-order valence-corrected chi connectivity index (χ4v) is 6.57. The maximum absolute atomic E-state index is 12.7. The Morgan fingerprint density at radius 2 is 1.88 bits per heavy atom. The molecule has 1 N–H and O–H groups in total. The van der Waals surface area contributed by atoms with Crippen LogP contribution in [0.25, 0.3) is 5.69 Å². The Morgan fingerprint density at radius 3 is 2.50 bits per heavy atom. The summed E-state index contributed by atoms with van der Waals surface area (Å²) >= 11 is 6.39. The van der Waals surface area contributed by atoms with Crippen molar-refractivity contribution in [2.24, 2.45) is 0 Å². The van der Waals surface area contributed by atoms with Crippen LogP contribution in [-0.2, 0) is 14.6 Å². The standard InChI is InChI=1S/C21H26ClN5O4S/c1-21(7-12-32(30,31)15-21)24-18(28)14-25-8-10-26(11-9-25)17-13-23-27(20(29)19(17)22)16-5-3-2-4-6-16/h2-6,13H,7-12,14-15H2,1H3,(H,24,28)/t21-/m1/s1. The average Bonchev–Trinajstić information content (AvgIpc) is 3.03. The topological polar surface area (TPSA) is 105 Å². The van der Waals surface area contributed by atoms with Crippen LogP contribution in [0.1, 0.15) is 13.3 Å². The average molecular weight is 480 g/mol. The molecule has 0 aliphatic carbocycles. The van der Waals surface area contributed by atoms with Crippen molar-refractivity contribution in [1.82, 2.24) is 20.0 Å². The fraction of sp³-hybridized carbons (Fsp3) is 0.476. The second-order valence-corrected chi connectivity index (χ2v) is 11.2. The summed E-state index contributed by atoms with van der Waals surface area (Å²) in [6, 6.07) is 9.09. The van der Waals surface area contributed by atoms with Gasteiger partial charge in [0.2, 0.25) is 5.91 Å². The lowest BCUT2D eigenvalue weighted by Crippen LogP contribution is -2.53. The van der Waals surface area contributed by atoms with Crippen LogP contribution in [0.15, 0.2) is 41.3 Å². The van der Waals surface area contributed by atoms with Gasteiger partial charge in [-0.05, 0) is 25.5 Å². The van der Waals surface area contributed by atoms with Crippen LogP contribution in [-0.4, -0.2) is 78.8 Å². The van der Waals surface area contributed by atoms with E-state index in [1.165, 1.54) is 4.68 Å². The van der Waals surface area contributed by atoms with E-state index in [0.717, 1.165) is 0 Å². The summed E-state index contributed by atoms with van der Waals surface area (Å²) in [4.78, 5) is 29.2. The van der Waals surface area contributed by atoms with Crippen molar-refractivity contribution in [2.45, 2.75) is 18.9 Å². The molecule has 2 saturated heterocycles. The molecular formula is C21H26ClN5O4S. The Hall–Kier alpha value is -2.43. The molecule has 9 nitrogen and oxygen atoms in total. The van der Waals surface area contributed by atoms with E-state index in [-0.39, 0.29) is 34.5 Å². The Balaban J connectivity index is 1.35. The number of hydrogen-bond acceptors (Lipinski definition) is 7. The molecule has 1 amide bonds. The maximum Gasteiger partial charge on any atom is 0.292 e. The zero-order chi connectivity index (χ0) is 22.9. The fourth-order valence-electron chi connectivity index (χ4n) is 4.23. The first-order chi connectivity index (χ1) is 15.2. The molecule has 4 rings (SSSR count). The molecule has 2 aliphatic rings. The number of amides is 1. The number of hydrogen-bond donors (Lipinski definition) is 1. The van der Waals surface area contributed by atoms with Crippen molar-refractivity contribution in [2.75, 3.05) is 49.1 Å². The lowest BCUT2D eigenvalue weighted by atomic mass is 10.0. The molecule has 2 aliphatic heterocycles. The molecule has 2 aromatic rings. The number of nitrogens with one attached hydrogen (secondary N) is 1. The van der Waals surface area contributed by atoms with Gasteiger partial charge in [0, 0.05) is 26.2 Å². The highest BCUT2D eigenvalue weighted by molar-refractivity contribution is 7.91. The van der Waals surface area contributed by atoms with Crippen LogP contribution in [0.3, 0.4) is 0 Å². The van der Waals surface area contributed by atoms with Gasteiger partial charge in [-0.1, -0.05) is 29.8 Å². The minimum Gasteiger partial charge on any atom is -0.366 e. The van der Waals surface area contributed by atoms with Crippen LogP contribution in [0.4, 0.5) is 5.69 Å². The number of halogens is 1. The van der Waals surface area contributed by atoms with Crippen LogP contribution in [0.5, 0.6) is 0 Å². The first-order valence-corrected chi connectivity index (χ1v) is 12.7. The molecule has 0 saturated carbocycles. The van der Waals surface area contributed by atoms with Crippen LogP contribution < -0.4 is 15.8 Å². The first kappa shape index (κ1) is 22.8. The van der Waals surface area contributed by atoms with Gasteiger partial charge in [-0.2, -0.15) is 9.78 Å². The molecule has 11 heteroatoms. The van der Waals surface area contributed by atoms with Gasteiger partial charge in [-0.3, -0.25) is 14.5 Å². The third-order valence-corrected chi connectivity index (χ3v) is 8.18. The van der Waals surface area contributed by atoms with E-state index >= 15 is 0 Å². The Morgan fingerprint density at radius 1 is 1.19 bits per heavy atom. The van der Waals surface area contributed by atoms with Gasteiger partial charge in [-0.15, -0.1) is 0 Å². The van der Waals surface area contributed by atoms with Crippen molar-refractivity contribution in [3.8, 4) is 5.69 Å². The van der Waals surface area contributed by atoms with Gasteiger partial charge in [0.05, 0.1) is 41.2 Å². The third kappa shape index (κ3) is 4.97. The quantitative estimate of drug-likeness (QED) is 0.673. The number of rotatable bonds is 5. The van der Waals surface area contributed by atoms with Crippen molar-refractivity contribution in [3.63, 3.8) is 0 Å². The van der Waals surface area contributed by atoms with Gasteiger partial charge in [0.25, 0.3) is 5.56 Å². The largest absolute Gasteiger partial charge is 0.366 e. The van der Waals surface area contributed by atoms with Crippen LogP contribution in [0.2, 0.25) is 5.02 Å². The van der Waals surface area contributed by atoms with E-state index in [4.69, 9.17) is 11.6 Å². The van der Waals surface area contributed by atoms with Crippen LogP contribution >= 0.6 is 11.6 Å². The lowest BCUT2D eigenvalue weighted by molar-refractivity contribution is -0.123. The summed E-state index contributed by atoms with van der Waals surface area (Å²) in [6.45, 7) is 4.39. The molecular weight excluding hydrogens is 454 g/mol. The maximum atomic E-state index is 12.7. The highest BCUT2D eigenvalue weighted by Gasteiger charge is 2.39. The van der Waals surface area contributed by atoms with Crippen LogP contribution in [0, 0.1) is 0 Å². The molecule has 3 heterocycles. The van der Waals surface area contributed by atoms with Gasteiger partial charge in [0.1, 0.15) is 5.02 Å². The normalized spacial score (nSPS) is 23.2. The summed E-state index contributed by atoms with van der Waals surface area (Å²) < 4.78 is 24.7. The highest BCUT2D eigenvalue weighted by Crippen LogP contribution is 2.24. The number of benzene rings is 1. The molecule has 32 heavy (non-hydrogen) atoms. The molecule has 1 aromatic heterocycles. The Labute approximate surface area is 191 Å². The molecule has 0 radical (unpaired) electrons. The second-order valence-electron chi connectivity index (χ2n) is 8.61. The van der Waals surface area contributed by atoms with E-state index in [9.17, 15) is 18.0 Å². The minimum absolute atomic E-state index is 0.0144. The van der Waals surface area contributed by atoms with E-state index in [1.807, 2.05) is 28.0 Å². The monoisotopic (exact) mass is 479 g/mol. The molecule has 0 unspecified atom stereocenters. The Bertz CT molecular complexity index is 1160. The van der Waals surface area contributed by atoms with Gasteiger partial charge >= 0.3 is 0 Å². The summed E-state index contributed by atoms with van der Waals surface area (Å²) in [5.74, 6) is -0.0805. The van der Waals surface area contributed by atoms with Crippen molar-refractivity contribution in [3.05, 3.63) is 51.9 Å². The number of anilines is 1. The van der Waals surface area contributed by atoms with E-state index in [1.54, 1.807) is 25.3 Å². The molecule has 1 aromatic carbocycles. The zero-order valence-electron chi connectivity index (χ0n) is 17.8. The van der Waals surface area contributed by atoms with Crippen molar-refractivity contribution >= 4 is 33.0 Å². The Kier molecular flexibility index (Phi) is 6.28. The number of sulfone groups is 1. The van der Waals surface area contributed by atoms with Gasteiger partial charge < -0.3 is 10.2 Å². The predicted octanol–water partition coefficient (Wildman–Crippen LogP) is 0.701. The number of carbonyl (C=O) groups is 1. The number of aromatic nitrogens is 2. The summed E-state index contributed by atoms with van der Waals surface area (Å²) in [5.41, 5.74) is 0.152. The van der Waals surface area contributed by atoms with Gasteiger partial charge in [-0.25, -0.2) is 8.42 Å². The smallest absolute Gasteiger partial charge is 0.292 e. The molecule has 0 spiro atoms. The van der Waals surface area contributed by atoms with E-state index in [0.29, 0.717) is 44.0 Å². The van der Waals surface area contributed by atoms with Crippen molar-refractivity contribution < 1.29 is 13.2 Å². The number of piperazine rings is 1. The third-order valence-electron chi connectivity index (χ3n) is 5.93. The summed E-state index contributed by atoms with van der Waals surface area (Å²) in [7, 11) is -3.08. The second kappa shape index (κ2) is 8.84. The van der Waals surface area contributed by atoms with Crippen molar-refractivity contribution in [1.29, 1.82) is 0 Å². The van der Waals surface area contributed by atoms with Gasteiger partial charge in [0.15, 0.2) is 9.84 Å². The minimum atomic E-state index is -3.08. The molecule has 1 atom stereocenters. The summed E-state index contributed by atoms with van der Waals surface area (Å²) in [5, 5.41) is 7.29. The summed E-state index contributed by atoms with van der Waals surface area (Å²) in [6.07, 6.45) is 2.04. The number of nitrogens with zero attached hydrogens (tertiary/aromatic N) is 4. The zero-order valence-corrected chi connectivity index (χ0v) is 19.4. The SMILES string of the molecule is C[C@@]1(NC(=O)CN2CCN(c3cnn(-c4ccccc4)c(=O)c3Cl)CC2)CCS(=O)(=O)C1. The molecule has 0 bridgehead atoms. The predicted molar refractivity (Wildman–Crippen MR) is 123 cm³/mol. The molecule has 172 valence electrons. The first-order valence-electron chi connectivity index (χ1n) is 10.5. The van der Waals surface area contributed by atoms with E-state index in [2.05, 4.69) is 10.4 Å². The lowest BCUT2D eigenvalue weighted by Gasteiger charge is -2.36. The number of para-hydroxylation sites is 1.